The molecule has 7 heteroatoms. The van der Waals surface area contributed by atoms with Crippen LogP contribution in [0.5, 0.6) is 5.75 Å². The molecule has 0 aliphatic carbocycles. The summed E-state index contributed by atoms with van der Waals surface area (Å²) in [6.45, 7) is 13.0. The zero-order valence-corrected chi connectivity index (χ0v) is 22.3. The number of unbranched alkanes of at least 4 members (excludes halogenated alkanes) is 3. The number of hydrogen-bond donors (Lipinski definition) is 0. The molecule has 0 aliphatic rings. The summed E-state index contributed by atoms with van der Waals surface area (Å²) in [7, 11) is -4.00. The second-order valence-corrected chi connectivity index (χ2v) is 19.4. The van der Waals surface area contributed by atoms with Gasteiger partial charge in [0.15, 0.2) is 23.2 Å². The SMILES string of the molecule is CCCCCC[Si](CCC[Si](CC)(CC)CC)(Oc1c(F)[c]c(F)c(F)c1F)C(C)C. The van der Waals surface area contributed by atoms with Gasteiger partial charge >= 0.3 is 0 Å². The molecule has 0 fully saturated rings. The molecule has 0 heterocycles. The summed E-state index contributed by atoms with van der Waals surface area (Å²) in [6, 6.07) is 8.06. The van der Waals surface area contributed by atoms with E-state index in [0.29, 0.717) is 0 Å². The van der Waals surface area contributed by atoms with Crippen molar-refractivity contribution in [3.05, 3.63) is 29.3 Å². The van der Waals surface area contributed by atoms with E-state index in [1.807, 2.05) is 13.8 Å². The molecule has 0 bridgehead atoms. The molecule has 0 saturated heterocycles. The molecule has 0 N–H and O–H groups in total. The Morgan fingerprint density at radius 3 is 1.84 bits per heavy atom. The molecule has 1 aromatic carbocycles. The topological polar surface area (TPSA) is 9.23 Å². The maximum Gasteiger partial charge on any atom is 0.254 e. The van der Waals surface area contributed by atoms with E-state index in [-0.39, 0.29) is 5.54 Å². The maximum absolute atomic E-state index is 14.5. The van der Waals surface area contributed by atoms with Crippen molar-refractivity contribution in [1.82, 2.24) is 0 Å². The Kier molecular flexibility index (Phi) is 11.8. The van der Waals surface area contributed by atoms with Crippen LogP contribution in [0.15, 0.2) is 0 Å². The summed E-state index contributed by atoms with van der Waals surface area (Å²) in [6.07, 6.45) is 5.12. The van der Waals surface area contributed by atoms with Crippen molar-refractivity contribution >= 4 is 16.4 Å². The molecule has 1 nitrogen and oxygen atoms in total. The van der Waals surface area contributed by atoms with Gasteiger partial charge in [0, 0.05) is 0 Å². The van der Waals surface area contributed by atoms with Crippen LogP contribution in [0.1, 0.15) is 73.6 Å². The van der Waals surface area contributed by atoms with Crippen LogP contribution in [0, 0.1) is 29.3 Å². The van der Waals surface area contributed by atoms with Gasteiger partial charge in [-0.2, -0.15) is 4.39 Å². The second-order valence-electron chi connectivity index (χ2n) is 9.26. The van der Waals surface area contributed by atoms with Gasteiger partial charge in [-0.25, -0.2) is 13.2 Å². The lowest BCUT2D eigenvalue weighted by Gasteiger charge is -2.37. The monoisotopic (exact) mass is 477 g/mol. The van der Waals surface area contributed by atoms with E-state index < -0.39 is 45.4 Å². The van der Waals surface area contributed by atoms with Crippen LogP contribution in [0.4, 0.5) is 17.6 Å². The third-order valence-electron chi connectivity index (χ3n) is 7.37. The Morgan fingerprint density at radius 2 is 1.32 bits per heavy atom. The molecule has 0 aromatic heterocycles. The van der Waals surface area contributed by atoms with Crippen LogP contribution in [0.2, 0.25) is 41.8 Å². The molecule has 1 unspecified atom stereocenters. The molecule has 1 rings (SSSR count). The Bertz CT molecular complexity index is 672. The van der Waals surface area contributed by atoms with E-state index in [9.17, 15) is 17.6 Å². The van der Waals surface area contributed by atoms with E-state index in [2.05, 4.69) is 27.7 Å². The van der Waals surface area contributed by atoms with Gasteiger partial charge < -0.3 is 4.43 Å². The van der Waals surface area contributed by atoms with Crippen molar-refractivity contribution in [1.29, 1.82) is 0 Å². The molecule has 0 saturated carbocycles. The number of rotatable bonds is 15. The fourth-order valence-electron chi connectivity index (χ4n) is 4.61. The largest absolute Gasteiger partial charge is 0.539 e. The molecule has 0 amide bonds. The Morgan fingerprint density at radius 1 is 0.742 bits per heavy atom. The summed E-state index contributed by atoms with van der Waals surface area (Å²) >= 11 is 0. The van der Waals surface area contributed by atoms with Crippen molar-refractivity contribution in [2.45, 2.75) is 115 Å². The predicted molar refractivity (Wildman–Crippen MR) is 127 cm³/mol. The van der Waals surface area contributed by atoms with Gasteiger partial charge in [-0.3, -0.25) is 0 Å². The first kappa shape index (κ1) is 28.2. The van der Waals surface area contributed by atoms with Gasteiger partial charge in [-0.15, -0.1) is 0 Å². The zero-order chi connectivity index (χ0) is 23.7. The third kappa shape index (κ3) is 7.34. The zero-order valence-electron chi connectivity index (χ0n) is 20.3. The Hall–Kier alpha value is -0.826. The van der Waals surface area contributed by atoms with Crippen molar-refractivity contribution in [3.8, 4) is 5.75 Å². The number of hydrogen-bond acceptors (Lipinski definition) is 1. The van der Waals surface area contributed by atoms with Crippen molar-refractivity contribution in [2.24, 2.45) is 0 Å². The van der Waals surface area contributed by atoms with Gasteiger partial charge in [-0.1, -0.05) is 97.8 Å². The minimum Gasteiger partial charge on any atom is -0.539 e. The van der Waals surface area contributed by atoms with Crippen molar-refractivity contribution in [2.75, 3.05) is 0 Å². The Balaban J connectivity index is 3.21. The van der Waals surface area contributed by atoms with Crippen molar-refractivity contribution in [3.63, 3.8) is 0 Å². The van der Waals surface area contributed by atoms with Crippen LogP contribution >= 0.6 is 0 Å². The lowest BCUT2D eigenvalue weighted by molar-refractivity contribution is 0.378. The third-order valence-corrected chi connectivity index (χ3v) is 18.4. The quantitative estimate of drug-likeness (QED) is 0.0804. The van der Waals surface area contributed by atoms with Gasteiger partial charge in [0.25, 0.3) is 8.32 Å². The highest BCUT2D eigenvalue weighted by atomic mass is 28.4. The number of benzene rings is 1. The smallest absolute Gasteiger partial charge is 0.254 e. The lowest BCUT2D eigenvalue weighted by atomic mass is 10.2. The summed E-state index contributed by atoms with van der Waals surface area (Å²) in [5, 5.41) is 0. The van der Waals surface area contributed by atoms with Gasteiger partial charge in [0.1, 0.15) is 0 Å². The average molecular weight is 478 g/mol. The minimum atomic E-state index is -2.67. The van der Waals surface area contributed by atoms with Crippen molar-refractivity contribution < 1.29 is 22.0 Å². The van der Waals surface area contributed by atoms with E-state index in [1.54, 1.807) is 6.07 Å². The average Bonchev–Trinajstić information content (AvgIpc) is 2.75. The normalized spacial score (nSPS) is 14.2. The minimum absolute atomic E-state index is 0.0991. The van der Waals surface area contributed by atoms with Crippen LogP contribution in [-0.4, -0.2) is 16.4 Å². The van der Waals surface area contributed by atoms with Crippen LogP contribution in [-0.2, 0) is 0 Å². The maximum atomic E-state index is 14.5. The molecule has 1 radical (unpaired) electrons. The van der Waals surface area contributed by atoms with Gasteiger partial charge in [0.2, 0.25) is 5.82 Å². The first-order valence-corrected chi connectivity index (χ1v) is 17.3. The van der Waals surface area contributed by atoms with E-state index >= 15 is 0 Å². The van der Waals surface area contributed by atoms with E-state index in [4.69, 9.17) is 4.43 Å². The number of halogens is 4. The molecule has 179 valence electrons. The summed E-state index contributed by atoms with van der Waals surface area (Å²) in [5.41, 5.74) is 0.0991. The highest BCUT2D eigenvalue weighted by Crippen LogP contribution is 2.39. The van der Waals surface area contributed by atoms with E-state index in [1.165, 1.54) is 24.2 Å². The molecule has 1 atom stereocenters. The lowest BCUT2D eigenvalue weighted by Crippen LogP contribution is -2.46. The van der Waals surface area contributed by atoms with Crippen LogP contribution < -0.4 is 4.43 Å². The second kappa shape index (κ2) is 13.0. The first-order valence-electron chi connectivity index (χ1n) is 12.1. The highest BCUT2D eigenvalue weighted by Gasteiger charge is 2.42. The molecular weight excluding hydrogens is 436 g/mol. The van der Waals surface area contributed by atoms with Crippen LogP contribution in [0.3, 0.4) is 0 Å². The molecule has 31 heavy (non-hydrogen) atoms. The first-order chi connectivity index (χ1) is 14.6. The molecular formula is C24H41F4OSi2. The fourth-order valence-corrected chi connectivity index (χ4v) is 12.5. The van der Waals surface area contributed by atoms with Gasteiger partial charge in [0.05, 0.1) is 14.1 Å². The summed E-state index contributed by atoms with van der Waals surface area (Å²) < 4.78 is 62.2. The fraction of sp³-hybridized carbons (Fsp3) is 0.750. The molecule has 0 aliphatic heterocycles. The van der Waals surface area contributed by atoms with Gasteiger partial charge in [-0.05, 0) is 17.6 Å². The summed E-state index contributed by atoms with van der Waals surface area (Å²) in [5.74, 6) is -6.99. The molecule has 0 spiro atoms. The molecule has 1 aromatic rings. The van der Waals surface area contributed by atoms with E-state index in [0.717, 1.165) is 44.2 Å². The Labute approximate surface area is 189 Å². The predicted octanol–water partition coefficient (Wildman–Crippen LogP) is 9.26. The van der Waals surface area contributed by atoms with Crippen LogP contribution in [0.25, 0.3) is 0 Å². The standard InChI is InChI=1S/C24H41F4OSi2/c1-7-11-12-13-16-31(19(5)6,17-14-15-30(8-2,9-3)10-4)29-24-21(26)18-20(25)22(27)23(24)28/h19H,7-17H2,1-6H3. The summed E-state index contributed by atoms with van der Waals surface area (Å²) in [4.78, 5) is 0. The highest BCUT2D eigenvalue weighted by molar-refractivity contribution is 6.80.